The first-order valence-corrected chi connectivity index (χ1v) is 14.7. The molecule has 1 aliphatic carbocycles. The standard InChI is InChI=1S/C27H35N2OPS/c1-3-29(4-2)31(32,25-15-9-6-10-16-25)26-17-11-14-24(22-23-12-7-5-8-13-23)27(26)28-18-20-30-21-19-28/h5-10,12-13,15-16,22H,3-4,11,14,17-21H2,1-2H3/b24-22-. The molecule has 0 amide bonds. The molecule has 0 radical (unpaired) electrons. The molecule has 0 bridgehead atoms. The highest BCUT2D eigenvalue weighted by molar-refractivity contribution is 8.19. The summed E-state index contributed by atoms with van der Waals surface area (Å²) in [6, 6.07) is 21.7. The molecule has 2 aromatic carbocycles. The van der Waals surface area contributed by atoms with Gasteiger partial charge < -0.3 is 9.64 Å². The summed E-state index contributed by atoms with van der Waals surface area (Å²) in [5.41, 5.74) is 4.13. The van der Waals surface area contributed by atoms with E-state index in [-0.39, 0.29) is 0 Å². The van der Waals surface area contributed by atoms with Gasteiger partial charge in [-0.3, -0.25) is 4.67 Å². The molecule has 1 saturated heterocycles. The van der Waals surface area contributed by atoms with E-state index in [0.29, 0.717) is 0 Å². The molecule has 2 aromatic rings. The number of hydrogen-bond donors (Lipinski definition) is 0. The molecule has 1 unspecified atom stereocenters. The Labute approximate surface area is 198 Å². The van der Waals surface area contributed by atoms with Crippen LogP contribution in [0.4, 0.5) is 0 Å². The number of ether oxygens (including phenoxy) is 1. The van der Waals surface area contributed by atoms with Crippen molar-refractivity contribution >= 4 is 29.4 Å². The Hall–Kier alpha value is -1.71. The lowest BCUT2D eigenvalue weighted by atomic mass is 9.94. The Morgan fingerprint density at radius 3 is 2.19 bits per heavy atom. The van der Waals surface area contributed by atoms with Crippen molar-refractivity contribution in [1.29, 1.82) is 0 Å². The molecule has 0 aromatic heterocycles. The van der Waals surface area contributed by atoms with Crippen LogP contribution >= 0.6 is 6.19 Å². The van der Waals surface area contributed by atoms with Crippen LogP contribution in [0.2, 0.25) is 0 Å². The topological polar surface area (TPSA) is 15.7 Å². The molecule has 2 aliphatic rings. The molecule has 32 heavy (non-hydrogen) atoms. The van der Waals surface area contributed by atoms with E-state index in [1.54, 1.807) is 0 Å². The maximum Gasteiger partial charge on any atom is 0.0691 e. The highest BCUT2D eigenvalue weighted by Crippen LogP contribution is 2.61. The summed E-state index contributed by atoms with van der Waals surface area (Å²) in [7, 11) is 0. The summed E-state index contributed by atoms with van der Waals surface area (Å²) in [4.78, 5) is 2.57. The summed E-state index contributed by atoms with van der Waals surface area (Å²) in [5, 5.41) is 2.82. The van der Waals surface area contributed by atoms with Crippen LogP contribution < -0.4 is 5.30 Å². The lowest BCUT2D eigenvalue weighted by Gasteiger charge is -2.43. The maximum atomic E-state index is 6.77. The van der Waals surface area contributed by atoms with Crippen molar-refractivity contribution in [3.8, 4) is 0 Å². The van der Waals surface area contributed by atoms with Gasteiger partial charge in [-0.15, -0.1) is 0 Å². The minimum Gasteiger partial charge on any atom is -0.378 e. The fourth-order valence-electron chi connectivity index (χ4n) is 4.97. The van der Waals surface area contributed by atoms with Crippen LogP contribution in [0.1, 0.15) is 38.7 Å². The molecule has 1 aliphatic heterocycles. The van der Waals surface area contributed by atoms with Gasteiger partial charge in [0.15, 0.2) is 0 Å². The predicted molar refractivity (Wildman–Crippen MR) is 141 cm³/mol. The molecule has 5 heteroatoms. The van der Waals surface area contributed by atoms with Gasteiger partial charge in [-0.05, 0) is 36.5 Å². The van der Waals surface area contributed by atoms with Crippen LogP contribution in [0.15, 0.2) is 77.2 Å². The molecular formula is C27H35N2OPS. The van der Waals surface area contributed by atoms with Crippen LogP contribution in [0.5, 0.6) is 0 Å². The summed E-state index contributed by atoms with van der Waals surface area (Å²) < 4.78 is 8.30. The summed E-state index contributed by atoms with van der Waals surface area (Å²) >= 11 is 6.77. The zero-order chi connectivity index (χ0) is 22.4. The predicted octanol–water partition coefficient (Wildman–Crippen LogP) is 5.86. The van der Waals surface area contributed by atoms with E-state index < -0.39 is 6.19 Å². The molecule has 3 nitrogen and oxygen atoms in total. The fourth-order valence-corrected chi connectivity index (χ4v) is 9.95. The quantitative estimate of drug-likeness (QED) is 0.475. The minimum absolute atomic E-state index is 0.787. The first-order chi connectivity index (χ1) is 15.7. The average molecular weight is 467 g/mol. The lowest BCUT2D eigenvalue weighted by Crippen LogP contribution is -2.38. The fraction of sp³-hybridized carbons (Fsp3) is 0.407. The average Bonchev–Trinajstić information content (AvgIpc) is 2.86. The number of nitrogens with zero attached hydrogens (tertiary/aromatic N) is 2. The van der Waals surface area contributed by atoms with Crippen LogP contribution in [0.25, 0.3) is 6.08 Å². The second-order valence-electron chi connectivity index (χ2n) is 8.38. The lowest BCUT2D eigenvalue weighted by molar-refractivity contribution is 0.0540. The molecular weight excluding hydrogens is 431 g/mol. The van der Waals surface area contributed by atoms with Crippen molar-refractivity contribution in [1.82, 2.24) is 9.57 Å². The van der Waals surface area contributed by atoms with E-state index in [4.69, 9.17) is 16.5 Å². The highest BCUT2D eigenvalue weighted by atomic mass is 32.4. The normalized spacial score (nSPS) is 20.6. The third kappa shape index (κ3) is 4.79. The third-order valence-electron chi connectivity index (χ3n) is 6.51. The number of rotatable bonds is 7. The van der Waals surface area contributed by atoms with E-state index in [9.17, 15) is 0 Å². The monoisotopic (exact) mass is 466 g/mol. The summed E-state index contributed by atoms with van der Waals surface area (Å²) in [5.74, 6) is 0. The number of morpholine rings is 1. The zero-order valence-electron chi connectivity index (χ0n) is 19.4. The molecule has 0 spiro atoms. The Bertz CT molecular complexity index is 993. The Morgan fingerprint density at radius 1 is 0.938 bits per heavy atom. The van der Waals surface area contributed by atoms with E-state index in [1.165, 1.54) is 27.5 Å². The second kappa shape index (κ2) is 10.9. The van der Waals surface area contributed by atoms with Crippen LogP contribution in [0, 0.1) is 0 Å². The zero-order valence-corrected chi connectivity index (χ0v) is 21.1. The molecule has 1 heterocycles. The SMILES string of the molecule is CCN(CC)P(=S)(C1=C(N2CCOCC2)/C(=C\c2ccccc2)CCC1)c1ccccc1. The van der Waals surface area contributed by atoms with Gasteiger partial charge in [0.1, 0.15) is 0 Å². The van der Waals surface area contributed by atoms with Crippen molar-refractivity contribution < 1.29 is 4.74 Å². The van der Waals surface area contributed by atoms with Gasteiger partial charge in [-0.25, -0.2) is 0 Å². The van der Waals surface area contributed by atoms with Crippen molar-refractivity contribution in [2.24, 2.45) is 0 Å². The Balaban J connectivity index is 1.94. The molecule has 170 valence electrons. The molecule has 1 atom stereocenters. The van der Waals surface area contributed by atoms with Crippen LogP contribution in [0.3, 0.4) is 0 Å². The third-order valence-corrected chi connectivity index (χ3v) is 12.0. The van der Waals surface area contributed by atoms with Gasteiger partial charge in [-0.1, -0.05) is 86.3 Å². The Kier molecular flexibility index (Phi) is 8.02. The van der Waals surface area contributed by atoms with Crippen molar-refractivity contribution in [2.75, 3.05) is 39.4 Å². The van der Waals surface area contributed by atoms with E-state index in [0.717, 1.165) is 58.7 Å². The van der Waals surface area contributed by atoms with Crippen molar-refractivity contribution in [3.63, 3.8) is 0 Å². The van der Waals surface area contributed by atoms with Crippen LogP contribution in [-0.2, 0) is 16.5 Å². The Morgan fingerprint density at radius 2 is 1.56 bits per heavy atom. The van der Waals surface area contributed by atoms with E-state index >= 15 is 0 Å². The molecule has 0 saturated carbocycles. The van der Waals surface area contributed by atoms with Gasteiger partial charge in [0.05, 0.1) is 19.4 Å². The van der Waals surface area contributed by atoms with E-state index in [2.05, 4.69) is 90.2 Å². The first-order valence-electron chi connectivity index (χ1n) is 11.9. The second-order valence-corrected chi connectivity index (χ2v) is 12.7. The molecule has 0 N–H and O–H groups in total. The summed E-state index contributed by atoms with van der Waals surface area (Å²) in [6.07, 6.45) is 3.65. The van der Waals surface area contributed by atoms with Gasteiger partial charge in [0.2, 0.25) is 0 Å². The van der Waals surface area contributed by atoms with Gasteiger partial charge >= 0.3 is 0 Å². The summed E-state index contributed by atoms with van der Waals surface area (Å²) in [6.45, 7) is 9.91. The van der Waals surface area contributed by atoms with Gasteiger partial charge in [0, 0.05) is 42.5 Å². The van der Waals surface area contributed by atoms with Crippen molar-refractivity contribution in [2.45, 2.75) is 33.1 Å². The number of benzene rings is 2. The number of hydrogen-bond acceptors (Lipinski definition) is 3. The highest BCUT2D eigenvalue weighted by Gasteiger charge is 2.36. The van der Waals surface area contributed by atoms with Crippen LogP contribution in [-0.4, -0.2) is 49.0 Å². The molecule has 4 rings (SSSR count). The van der Waals surface area contributed by atoms with Gasteiger partial charge in [-0.2, -0.15) is 0 Å². The smallest absolute Gasteiger partial charge is 0.0691 e. The minimum atomic E-state index is -2.10. The molecule has 1 fully saturated rings. The largest absolute Gasteiger partial charge is 0.378 e. The van der Waals surface area contributed by atoms with Gasteiger partial charge in [0.25, 0.3) is 0 Å². The van der Waals surface area contributed by atoms with Crippen molar-refractivity contribution in [3.05, 3.63) is 82.8 Å². The number of allylic oxidation sites excluding steroid dienone is 2. The first kappa shape index (κ1) is 23.4. The maximum absolute atomic E-state index is 6.77. The van der Waals surface area contributed by atoms with E-state index in [1.807, 2.05) is 0 Å².